The largest absolute Gasteiger partial charge is 0.392 e. The number of benzene rings is 1. The molecule has 4 N–H and O–H groups in total. The number of carbonyl (C=O) groups excluding carboxylic acids is 1. The van der Waals surface area contributed by atoms with Gasteiger partial charge in [0.1, 0.15) is 0 Å². The molecule has 1 heterocycles. The van der Waals surface area contributed by atoms with Gasteiger partial charge in [-0.2, -0.15) is 0 Å². The second kappa shape index (κ2) is 6.14. The summed E-state index contributed by atoms with van der Waals surface area (Å²) in [6, 6.07) is 7.28. The summed E-state index contributed by atoms with van der Waals surface area (Å²) in [6.07, 6.45) is 0.433. The summed E-state index contributed by atoms with van der Waals surface area (Å²) in [5.41, 5.74) is 7.34. The first-order chi connectivity index (χ1) is 9.10. The quantitative estimate of drug-likeness (QED) is 0.741. The van der Waals surface area contributed by atoms with Gasteiger partial charge in [-0.15, -0.1) is 0 Å². The van der Waals surface area contributed by atoms with Crippen molar-refractivity contribution in [1.82, 2.24) is 4.90 Å². The first-order valence-corrected chi connectivity index (χ1v) is 6.62. The molecular formula is C14H21N3O2. The number of rotatable bonds is 4. The van der Waals surface area contributed by atoms with Crippen molar-refractivity contribution in [1.29, 1.82) is 0 Å². The van der Waals surface area contributed by atoms with Crippen LogP contribution in [0, 0.1) is 0 Å². The van der Waals surface area contributed by atoms with Gasteiger partial charge in [0, 0.05) is 25.3 Å². The highest BCUT2D eigenvalue weighted by molar-refractivity contribution is 5.94. The summed E-state index contributed by atoms with van der Waals surface area (Å²) in [6.45, 7) is 3.69. The monoisotopic (exact) mass is 263 g/mol. The molecule has 1 aromatic rings. The Labute approximate surface area is 113 Å². The van der Waals surface area contributed by atoms with E-state index in [2.05, 4.69) is 5.32 Å². The lowest BCUT2D eigenvalue weighted by atomic mass is 10.2. The van der Waals surface area contributed by atoms with Crippen molar-refractivity contribution in [2.75, 3.05) is 18.4 Å². The van der Waals surface area contributed by atoms with Gasteiger partial charge in [0.25, 0.3) is 0 Å². The molecule has 0 saturated carbocycles. The van der Waals surface area contributed by atoms with Crippen molar-refractivity contribution in [3.05, 3.63) is 29.8 Å². The van der Waals surface area contributed by atoms with Crippen molar-refractivity contribution in [3.8, 4) is 0 Å². The van der Waals surface area contributed by atoms with Gasteiger partial charge in [-0.05, 0) is 31.0 Å². The molecule has 0 aliphatic carbocycles. The van der Waals surface area contributed by atoms with Gasteiger partial charge in [-0.1, -0.05) is 12.1 Å². The van der Waals surface area contributed by atoms with Crippen LogP contribution in [-0.2, 0) is 11.3 Å². The fraction of sp³-hybridized carbons (Fsp3) is 0.500. The molecule has 19 heavy (non-hydrogen) atoms. The van der Waals surface area contributed by atoms with E-state index in [0.717, 1.165) is 24.2 Å². The van der Waals surface area contributed by atoms with Crippen LogP contribution in [0.2, 0.25) is 0 Å². The Balaban J connectivity index is 1.92. The number of aliphatic hydroxyl groups excluding tert-OH is 1. The Morgan fingerprint density at radius 2 is 2.21 bits per heavy atom. The molecule has 0 radical (unpaired) electrons. The average Bonchev–Trinajstić information content (AvgIpc) is 2.85. The normalized spacial score (nSPS) is 21.3. The van der Waals surface area contributed by atoms with Crippen molar-refractivity contribution in [2.24, 2.45) is 5.73 Å². The molecule has 1 saturated heterocycles. The lowest BCUT2D eigenvalue weighted by Crippen LogP contribution is -2.41. The fourth-order valence-corrected chi connectivity index (χ4v) is 2.26. The molecular weight excluding hydrogens is 242 g/mol. The Morgan fingerprint density at radius 3 is 2.74 bits per heavy atom. The van der Waals surface area contributed by atoms with Crippen molar-refractivity contribution >= 4 is 11.6 Å². The Bertz CT molecular complexity index is 433. The van der Waals surface area contributed by atoms with E-state index in [4.69, 9.17) is 5.73 Å². The number of hydrogen-bond donors (Lipinski definition) is 3. The molecule has 0 spiro atoms. The van der Waals surface area contributed by atoms with Crippen molar-refractivity contribution in [2.45, 2.75) is 32.0 Å². The minimum absolute atomic E-state index is 0.0467. The summed E-state index contributed by atoms with van der Waals surface area (Å²) in [5, 5.41) is 12.4. The highest BCUT2D eigenvalue weighted by Crippen LogP contribution is 2.15. The van der Waals surface area contributed by atoms with E-state index < -0.39 is 0 Å². The Kier molecular flexibility index (Phi) is 4.52. The molecule has 2 unspecified atom stereocenters. The van der Waals surface area contributed by atoms with Gasteiger partial charge >= 0.3 is 0 Å². The summed E-state index contributed by atoms with van der Waals surface area (Å²) in [5.74, 6) is -0.0467. The summed E-state index contributed by atoms with van der Waals surface area (Å²) >= 11 is 0. The standard InChI is InChI=1S/C14H21N3O2/c1-10(17-7-6-13(18)9-17)14(19)16-12-4-2-11(8-15)3-5-12/h2-5,10,13,18H,6-9,15H2,1H3,(H,16,19). The second-order valence-electron chi connectivity index (χ2n) is 5.00. The number of carbonyl (C=O) groups is 1. The molecule has 5 nitrogen and oxygen atoms in total. The highest BCUT2D eigenvalue weighted by atomic mass is 16.3. The smallest absolute Gasteiger partial charge is 0.241 e. The molecule has 2 rings (SSSR count). The molecule has 1 aliphatic heterocycles. The van der Waals surface area contributed by atoms with E-state index >= 15 is 0 Å². The van der Waals surface area contributed by atoms with E-state index in [1.165, 1.54) is 0 Å². The lowest BCUT2D eigenvalue weighted by molar-refractivity contribution is -0.120. The van der Waals surface area contributed by atoms with E-state index in [-0.39, 0.29) is 18.1 Å². The molecule has 0 bridgehead atoms. The average molecular weight is 263 g/mol. The zero-order chi connectivity index (χ0) is 13.8. The number of hydrogen-bond acceptors (Lipinski definition) is 4. The third kappa shape index (κ3) is 3.53. The lowest BCUT2D eigenvalue weighted by Gasteiger charge is -2.22. The molecule has 1 aromatic carbocycles. The maximum Gasteiger partial charge on any atom is 0.241 e. The first kappa shape index (κ1) is 14.0. The van der Waals surface area contributed by atoms with Gasteiger partial charge in [-0.3, -0.25) is 9.69 Å². The van der Waals surface area contributed by atoms with Gasteiger partial charge in [0.2, 0.25) is 5.91 Å². The number of anilines is 1. The summed E-state index contributed by atoms with van der Waals surface area (Å²) < 4.78 is 0. The maximum atomic E-state index is 12.1. The second-order valence-corrected chi connectivity index (χ2v) is 5.00. The molecule has 5 heteroatoms. The van der Waals surface area contributed by atoms with Crippen LogP contribution in [0.1, 0.15) is 18.9 Å². The van der Waals surface area contributed by atoms with Crippen molar-refractivity contribution in [3.63, 3.8) is 0 Å². The highest BCUT2D eigenvalue weighted by Gasteiger charge is 2.28. The van der Waals surface area contributed by atoms with Gasteiger partial charge in [0.05, 0.1) is 12.1 Å². The zero-order valence-electron chi connectivity index (χ0n) is 11.2. The zero-order valence-corrected chi connectivity index (χ0v) is 11.2. The third-order valence-electron chi connectivity index (χ3n) is 3.58. The molecule has 0 aromatic heterocycles. The molecule has 2 atom stereocenters. The predicted octanol–water partition coefficient (Wildman–Crippen LogP) is 0.539. The summed E-state index contributed by atoms with van der Waals surface area (Å²) in [4.78, 5) is 14.1. The molecule has 1 fully saturated rings. The number of nitrogens with one attached hydrogen (secondary N) is 1. The fourth-order valence-electron chi connectivity index (χ4n) is 2.26. The van der Waals surface area contributed by atoms with Crippen LogP contribution in [0.15, 0.2) is 24.3 Å². The van der Waals surface area contributed by atoms with E-state index in [1.54, 1.807) is 0 Å². The SMILES string of the molecule is CC(C(=O)Nc1ccc(CN)cc1)N1CCC(O)C1. The van der Waals surface area contributed by atoms with Crippen LogP contribution in [-0.4, -0.2) is 41.1 Å². The summed E-state index contributed by atoms with van der Waals surface area (Å²) in [7, 11) is 0. The van der Waals surface area contributed by atoms with Crippen LogP contribution < -0.4 is 11.1 Å². The Hall–Kier alpha value is -1.43. The van der Waals surface area contributed by atoms with Crippen LogP contribution in [0.25, 0.3) is 0 Å². The van der Waals surface area contributed by atoms with Gasteiger partial charge in [-0.25, -0.2) is 0 Å². The number of amides is 1. The first-order valence-electron chi connectivity index (χ1n) is 6.62. The van der Waals surface area contributed by atoms with E-state index in [1.807, 2.05) is 36.1 Å². The number of nitrogens with two attached hydrogens (primary N) is 1. The predicted molar refractivity (Wildman–Crippen MR) is 74.6 cm³/mol. The van der Waals surface area contributed by atoms with E-state index in [0.29, 0.717) is 13.1 Å². The maximum absolute atomic E-state index is 12.1. The third-order valence-corrected chi connectivity index (χ3v) is 3.58. The topological polar surface area (TPSA) is 78.6 Å². The number of likely N-dealkylation sites (tertiary alicyclic amines) is 1. The molecule has 104 valence electrons. The minimum atomic E-state index is -0.306. The van der Waals surface area contributed by atoms with Gasteiger partial charge < -0.3 is 16.2 Å². The number of β-amino-alcohol motifs (C(OH)–C–C–N with tert-alkyl or cyclic N) is 1. The van der Waals surface area contributed by atoms with Crippen molar-refractivity contribution < 1.29 is 9.90 Å². The van der Waals surface area contributed by atoms with Crippen LogP contribution in [0.3, 0.4) is 0 Å². The van der Waals surface area contributed by atoms with Crippen LogP contribution in [0.4, 0.5) is 5.69 Å². The molecule has 1 amide bonds. The van der Waals surface area contributed by atoms with Crippen LogP contribution in [0.5, 0.6) is 0 Å². The van der Waals surface area contributed by atoms with E-state index in [9.17, 15) is 9.90 Å². The van der Waals surface area contributed by atoms with Crippen LogP contribution >= 0.6 is 0 Å². The number of aliphatic hydroxyl groups is 1. The van der Waals surface area contributed by atoms with Gasteiger partial charge in [0.15, 0.2) is 0 Å². The molecule has 1 aliphatic rings. The Morgan fingerprint density at radius 1 is 1.53 bits per heavy atom. The number of nitrogens with zero attached hydrogens (tertiary/aromatic N) is 1. The minimum Gasteiger partial charge on any atom is -0.392 e.